The zero-order valence-corrected chi connectivity index (χ0v) is 14.8. The Morgan fingerprint density at radius 1 is 1.38 bits per heavy atom. The number of nitrogens with two attached hydrogens (primary N) is 1. The van der Waals surface area contributed by atoms with E-state index in [1.807, 2.05) is 0 Å². The molecular weight excluding hydrogens is 337 g/mol. The molecule has 0 saturated carbocycles. The van der Waals surface area contributed by atoms with Gasteiger partial charge in [-0.05, 0) is 32.8 Å². The van der Waals surface area contributed by atoms with Crippen LogP contribution in [0.25, 0.3) is 0 Å². The molecule has 2 unspecified atom stereocenters. The van der Waals surface area contributed by atoms with Gasteiger partial charge in [0.15, 0.2) is 0 Å². The van der Waals surface area contributed by atoms with Crippen molar-refractivity contribution < 1.29 is 23.1 Å². The molecule has 1 aromatic rings. The van der Waals surface area contributed by atoms with E-state index in [1.54, 1.807) is 26.1 Å². The van der Waals surface area contributed by atoms with E-state index in [1.165, 1.54) is 4.57 Å². The van der Waals surface area contributed by atoms with Gasteiger partial charge >= 0.3 is 13.3 Å². The molecule has 2 heterocycles. The maximum absolute atomic E-state index is 12.3. The van der Waals surface area contributed by atoms with E-state index in [2.05, 4.69) is 4.98 Å². The van der Waals surface area contributed by atoms with E-state index in [-0.39, 0.29) is 38.1 Å². The van der Waals surface area contributed by atoms with Gasteiger partial charge in [0.1, 0.15) is 18.4 Å². The molecule has 0 amide bonds. The van der Waals surface area contributed by atoms with Crippen LogP contribution in [0.15, 0.2) is 17.1 Å². The van der Waals surface area contributed by atoms with Crippen molar-refractivity contribution >= 4 is 13.4 Å². The second-order valence-corrected chi connectivity index (χ2v) is 7.28. The fraction of sp³-hybridized carbons (Fsp3) is 0.714. The fourth-order valence-electron chi connectivity index (χ4n) is 2.46. The molecule has 9 nitrogen and oxygen atoms in total. The highest BCUT2D eigenvalue weighted by Crippen LogP contribution is 2.47. The summed E-state index contributed by atoms with van der Waals surface area (Å²) in [7, 11) is -3.22. The van der Waals surface area contributed by atoms with Crippen molar-refractivity contribution in [3.63, 3.8) is 0 Å². The lowest BCUT2D eigenvalue weighted by Crippen LogP contribution is -2.28. The molecule has 0 radical (unpaired) electrons. The third kappa shape index (κ3) is 5.12. The number of anilines is 1. The quantitative estimate of drug-likeness (QED) is 0.662. The van der Waals surface area contributed by atoms with Crippen molar-refractivity contribution in [2.75, 3.05) is 31.9 Å². The third-order valence-electron chi connectivity index (χ3n) is 3.45. The zero-order chi connectivity index (χ0) is 17.6. The Morgan fingerprint density at radius 2 is 2.08 bits per heavy atom. The standard InChI is InChI=1S/C14H24N3O6P/c1-3-21-24(19,22-4-2)10-20-9-11-5-6-13(23-11)17-8-7-12(15)16-14(17)18/h7-8,11,13H,3-6,9-10H2,1-2H3,(H2,15,16,18). The van der Waals surface area contributed by atoms with Gasteiger partial charge in [-0.3, -0.25) is 9.13 Å². The highest BCUT2D eigenvalue weighted by Gasteiger charge is 2.29. The van der Waals surface area contributed by atoms with Crippen molar-refractivity contribution in [3.8, 4) is 0 Å². The number of rotatable bonds is 9. The molecule has 2 rings (SSSR count). The fourth-order valence-corrected chi connectivity index (χ4v) is 3.80. The largest absolute Gasteiger partial charge is 0.383 e. The number of hydrogen-bond acceptors (Lipinski definition) is 8. The second kappa shape index (κ2) is 8.73. The van der Waals surface area contributed by atoms with Crippen molar-refractivity contribution in [1.82, 2.24) is 9.55 Å². The normalized spacial score (nSPS) is 21.2. The average molecular weight is 361 g/mol. The summed E-state index contributed by atoms with van der Waals surface area (Å²) in [6.07, 6.45) is 2.23. The first kappa shape index (κ1) is 19.1. The van der Waals surface area contributed by atoms with Gasteiger partial charge in [-0.1, -0.05) is 0 Å². The van der Waals surface area contributed by atoms with Crippen LogP contribution in [-0.2, 0) is 23.1 Å². The molecule has 1 aromatic heterocycles. The molecule has 0 aliphatic carbocycles. The lowest BCUT2D eigenvalue weighted by Gasteiger charge is -2.19. The summed E-state index contributed by atoms with van der Waals surface area (Å²) >= 11 is 0. The minimum atomic E-state index is -3.22. The van der Waals surface area contributed by atoms with E-state index in [9.17, 15) is 9.36 Å². The highest BCUT2D eigenvalue weighted by molar-refractivity contribution is 7.53. The summed E-state index contributed by atoms with van der Waals surface area (Å²) in [4.78, 5) is 15.5. The van der Waals surface area contributed by atoms with Crippen LogP contribution in [0.2, 0.25) is 0 Å². The monoisotopic (exact) mass is 361 g/mol. The number of hydrogen-bond donors (Lipinski definition) is 1. The molecule has 10 heteroatoms. The first-order chi connectivity index (χ1) is 11.5. The molecule has 1 saturated heterocycles. The van der Waals surface area contributed by atoms with Crippen LogP contribution in [0.4, 0.5) is 5.82 Å². The molecule has 1 aliphatic rings. The Hall–Kier alpha value is -1.25. The van der Waals surface area contributed by atoms with Crippen molar-refractivity contribution in [2.24, 2.45) is 0 Å². The average Bonchev–Trinajstić information content (AvgIpc) is 2.96. The summed E-state index contributed by atoms with van der Waals surface area (Å²) in [6.45, 7) is 4.31. The summed E-state index contributed by atoms with van der Waals surface area (Å²) in [5, 5.41) is 0. The number of nitrogen functional groups attached to an aromatic ring is 1. The van der Waals surface area contributed by atoms with Crippen LogP contribution in [0.1, 0.15) is 32.9 Å². The molecule has 2 N–H and O–H groups in total. The summed E-state index contributed by atoms with van der Waals surface area (Å²) in [5.74, 6) is 0.178. The highest BCUT2D eigenvalue weighted by atomic mass is 31.2. The Bertz CT molecular complexity index is 627. The minimum Gasteiger partial charge on any atom is -0.383 e. The molecule has 0 aromatic carbocycles. The molecular formula is C14H24N3O6P. The van der Waals surface area contributed by atoms with Crippen molar-refractivity contribution in [3.05, 3.63) is 22.7 Å². The molecule has 1 fully saturated rings. The maximum atomic E-state index is 12.3. The van der Waals surface area contributed by atoms with Gasteiger partial charge in [-0.25, -0.2) is 4.79 Å². The van der Waals surface area contributed by atoms with E-state index < -0.39 is 19.5 Å². The topological polar surface area (TPSA) is 115 Å². The van der Waals surface area contributed by atoms with Gasteiger partial charge in [0.05, 0.1) is 25.9 Å². The van der Waals surface area contributed by atoms with Gasteiger partial charge in [0, 0.05) is 6.20 Å². The van der Waals surface area contributed by atoms with Gasteiger partial charge < -0.3 is 24.3 Å². The summed E-state index contributed by atoms with van der Waals surface area (Å²) in [5.41, 5.74) is 5.03. The van der Waals surface area contributed by atoms with Crippen LogP contribution < -0.4 is 11.4 Å². The smallest absolute Gasteiger partial charge is 0.356 e. The molecule has 0 bridgehead atoms. The maximum Gasteiger partial charge on any atom is 0.356 e. The van der Waals surface area contributed by atoms with E-state index >= 15 is 0 Å². The lowest BCUT2D eigenvalue weighted by atomic mass is 10.2. The van der Waals surface area contributed by atoms with E-state index in [0.29, 0.717) is 6.42 Å². The Morgan fingerprint density at radius 3 is 2.71 bits per heavy atom. The number of nitrogens with zero attached hydrogens (tertiary/aromatic N) is 2. The Kier molecular flexibility index (Phi) is 6.94. The molecule has 1 aliphatic heterocycles. The first-order valence-electron chi connectivity index (χ1n) is 7.93. The molecule has 2 atom stereocenters. The Labute approximate surface area is 140 Å². The SMILES string of the molecule is CCOP(=O)(COCC1CCC(n2ccc(N)nc2=O)O1)OCC. The van der Waals surface area contributed by atoms with Gasteiger partial charge in [0.25, 0.3) is 0 Å². The van der Waals surface area contributed by atoms with Crippen molar-refractivity contribution in [2.45, 2.75) is 39.0 Å². The number of aromatic nitrogens is 2. The van der Waals surface area contributed by atoms with Crippen molar-refractivity contribution in [1.29, 1.82) is 0 Å². The molecule has 0 spiro atoms. The van der Waals surface area contributed by atoms with Crippen LogP contribution in [0.5, 0.6) is 0 Å². The minimum absolute atomic E-state index is 0.122. The van der Waals surface area contributed by atoms with E-state index in [0.717, 1.165) is 6.42 Å². The summed E-state index contributed by atoms with van der Waals surface area (Å²) < 4.78 is 35.2. The van der Waals surface area contributed by atoms with Crippen LogP contribution in [-0.4, -0.2) is 41.8 Å². The van der Waals surface area contributed by atoms with Gasteiger partial charge in [0.2, 0.25) is 0 Å². The zero-order valence-electron chi connectivity index (χ0n) is 13.9. The van der Waals surface area contributed by atoms with Crippen LogP contribution in [0, 0.1) is 0 Å². The lowest BCUT2D eigenvalue weighted by molar-refractivity contribution is -0.0384. The Balaban J connectivity index is 1.83. The van der Waals surface area contributed by atoms with Gasteiger partial charge in [-0.15, -0.1) is 0 Å². The third-order valence-corrected chi connectivity index (χ3v) is 5.25. The predicted octanol–water partition coefficient (Wildman–Crippen LogP) is 1.74. The van der Waals surface area contributed by atoms with Crippen LogP contribution in [0.3, 0.4) is 0 Å². The van der Waals surface area contributed by atoms with Crippen LogP contribution >= 0.6 is 7.60 Å². The second-order valence-electron chi connectivity index (χ2n) is 5.28. The van der Waals surface area contributed by atoms with E-state index in [4.69, 9.17) is 24.3 Å². The molecule has 136 valence electrons. The van der Waals surface area contributed by atoms with Gasteiger partial charge in [-0.2, -0.15) is 4.98 Å². The summed E-state index contributed by atoms with van der Waals surface area (Å²) in [6, 6.07) is 1.55. The first-order valence-corrected chi connectivity index (χ1v) is 9.66. The predicted molar refractivity (Wildman–Crippen MR) is 87.7 cm³/mol. The number of ether oxygens (including phenoxy) is 2. The molecule has 24 heavy (non-hydrogen) atoms.